The lowest BCUT2D eigenvalue weighted by Crippen LogP contribution is -2.25. The van der Waals surface area contributed by atoms with Gasteiger partial charge in [0.25, 0.3) is 0 Å². The zero-order valence-electron chi connectivity index (χ0n) is 18.8. The lowest BCUT2D eigenvalue weighted by atomic mass is 10.0. The Balaban J connectivity index is 1.43. The molecule has 0 radical (unpaired) electrons. The number of rotatable bonds is 9. The molecule has 2 heterocycles. The lowest BCUT2D eigenvalue weighted by molar-refractivity contribution is -0.122. The Labute approximate surface area is 191 Å². The third-order valence-electron chi connectivity index (χ3n) is 5.36. The number of carbonyl (C=O) groups is 1. The van der Waals surface area contributed by atoms with Crippen LogP contribution < -0.4 is 15.6 Å². The average Bonchev–Trinajstić information content (AvgIpc) is 3.23. The summed E-state index contributed by atoms with van der Waals surface area (Å²) in [4.78, 5) is 25.3. The predicted octanol–water partition coefficient (Wildman–Crippen LogP) is 3.16. The smallest absolute Gasteiger partial charge is 0.300 e. The molecule has 1 amide bonds. The topological polar surface area (TPSA) is 90.5 Å². The molecule has 0 aliphatic rings. The first-order valence-corrected chi connectivity index (χ1v) is 11.0. The third kappa shape index (κ3) is 5.28. The fourth-order valence-electron chi connectivity index (χ4n) is 3.72. The van der Waals surface area contributed by atoms with Gasteiger partial charge in [-0.2, -0.15) is 0 Å². The summed E-state index contributed by atoms with van der Waals surface area (Å²) in [7, 11) is 0. The lowest BCUT2D eigenvalue weighted by Gasteiger charge is -2.11. The molecule has 0 saturated carbocycles. The molecule has 0 saturated heterocycles. The van der Waals surface area contributed by atoms with E-state index in [1.165, 1.54) is 4.57 Å². The Bertz CT molecular complexity index is 1280. The first-order chi connectivity index (χ1) is 16.0. The van der Waals surface area contributed by atoms with Gasteiger partial charge in [0.1, 0.15) is 11.6 Å². The van der Waals surface area contributed by atoms with Crippen LogP contribution in [0.3, 0.4) is 0 Å². The molecule has 1 N–H and O–H groups in total. The molecule has 1 unspecified atom stereocenters. The molecule has 0 aliphatic carbocycles. The highest BCUT2D eigenvalue weighted by atomic mass is 16.5. The van der Waals surface area contributed by atoms with E-state index in [1.54, 1.807) is 16.8 Å². The Kier molecular flexibility index (Phi) is 6.83. The normalized spacial score (nSPS) is 11.9. The van der Waals surface area contributed by atoms with Crippen LogP contribution in [-0.2, 0) is 17.8 Å². The number of hydrogen-bond donors (Lipinski definition) is 1. The van der Waals surface area contributed by atoms with Crippen molar-refractivity contribution in [2.45, 2.75) is 33.2 Å². The fraction of sp³-hybridized carbons (Fsp3) is 0.280. The number of aromatic nitrogens is 4. The van der Waals surface area contributed by atoms with Crippen molar-refractivity contribution in [1.82, 2.24) is 24.5 Å². The quantitative estimate of drug-likeness (QED) is 0.427. The fourth-order valence-corrected chi connectivity index (χ4v) is 3.72. The van der Waals surface area contributed by atoms with Gasteiger partial charge in [-0.15, -0.1) is 10.2 Å². The number of nitrogens with one attached hydrogen (secondary N) is 1. The van der Waals surface area contributed by atoms with E-state index >= 15 is 0 Å². The highest BCUT2D eigenvalue weighted by Gasteiger charge is 2.16. The van der Waals surface area contributed by atoms with Crippen molar-refractivity contribution in [3.8, 4) is 11.4 Å². The molecule has 4 aromatic rings. The van der Waals surface area contributed by atoms with Crippen molar-refractivity contribution >= 4 is 11.6 Å². The Hall–Kier alpha value is -3.94. The summed E-state index contributed by atoms with van der Waals surface area (Å²) in [5.74, 6) is 1.44. The maximum atomic E-state index is 13.0. The van der Waals surface area contributed by atoms with Gasteiger partial charge in [-0.25, -0.2) is 0 Å². The van der Waals surface area contributed by atoms with Crippen molar-refractivity contribution in [3.05, 3.63) is 88.7 Å². The van der Waals surface area contributed by atoms with Crippen molar-refractivity contribution in [2.24, 2.45) is 5.92 Å². The van der Waals surface area contributed by atoms with Gasteiger partial charge in [-0.3, -0.25) is 18.6 Å². The Morgan fingerprint density at radius 1 is 1.06 bits per heavy atom. The van der Waals surface area contributed by atoms with Crippen molar-refractivity contribution in [2.75, 3.05) is 6.61 Å². The van der Waals surface area contributed by atoms with E-state index in [-0.39, 0.29) is 23.0 Å². The van der Waals surface area contributed by atoms with Gasteiger partial charge < -0.3 is 10.1 Å². The largest absolute Gasteiger partial charge is 0.494 e. The second kappa shape index (κ2) is 10.1. The molecule has 4 rings (SSSR count). The monoisotopic (exact) mass is 445 g/mol. The van der Waals surface area contributed by atoms with Crippen LogP contribution >= 0.6 is 0 Å². The standard InChI is InChI=1S/C25H27N5O3/c1-3-33-21-11-9-20(10-12-21)29-13-14-30-22(27-28-24(30)25(29)32)15-18(2)16-23(31)26-17-19-7-5-4-6-8-19/h4-14,18H,3,15-17H2,1-2H3,(H,26,31). The number of carbonyl (C=O) groups excluding carboxylic acids is 1. The molecule has 0 spiro atoms. The van der Waals surface area contributed by atoms with E-state index in [4.69, 9.17) is 4.74 Å². The van der Waals surface area contributed by atoms with Crippen LogP contribution in [0, 0.1) is 5.92 Å². The number of fused-ring (bicyclic) bond motifs is 1. The first-order valence-electron chi connectivity index (χ1n) is 11.0. The average molecular weight is 446 g/mol. The first kappa shape index (κ1) is 22.3. The van der Waals surface area contributed by atoms with Crippen molar-refractivity contribution < 1.29 is 9.53 Å². The maximum absolute atomic E-state index is 13.0. The summed E-state index contributed by atoms with van der Waals surface area (Å²) in [5.41, 5.74) is 1.78. The summed E-state index contributed by atoms with van der Waals surface area (Å²) < 4.78 is 8.69. The van der Waals surface area contributed by atoms with Gasteiger partial charge in [-0.1, -0.05) is 37.3 Å². The number of hydrogen-bond acceptors (Lipinski definition) is 5. The Morgan fingerprint density at radius 3 is 2.55 bits per heavy atom. The summed E-state index contributed by atoms with van der Waals surface area (Å²) in [6.45, 7) is 5.00. The van der Waals surface area contributed by atoms with Gasteiger partial charge >= 0.3 is 5.56 Å². The minimum Gasteiger partial charge on any atom is -0.494 e. The van der Waals surface area contributed by atoms with E-state index in [0.29, 0.717) is 31.8 Å². The minimum atomic E-state index is -0.256. The minimum absolute atomic E-state index is 0.0157. The number of nitrogens with zero attached hydrogens (tertiary/aromatic N) is 4. The van der Waals surface area contributed by atoms with Crippen LogP contribution in [0.2, 0.25) is 0 Å². The van der Waals surface area contributed by atoms with Gasteiger partial charge in [0, 0.05) is 37.5 Å². The summed E-state index contributed by atoms with van der Waals surface area (Å²) in [6, 6.07) is 17.1. The van der Waals surface area contributed by atoms with Crippen LogP contribution in [0.5, 0.6) is 5.75 Å². The van der Waals surface area contributed by atoms with E-state index in [2.05, 4.69) is 15.5 Å². The number of ether oxygens (including phenoxy) is 1. The molecule has 0 aliphatic heterocycles. The SMILES string of the molecule is CCOc1ccc(-n2ccn3c(CC(C)CC(=O)NCc4ccccc4)nnc3c2=O)cc1. The van der Waals surface area contributed by atoms with Crippen LogP contribution in [0.4, 0.5) is 0 Å². The van der Waals surface area contributed by atoms with Gasteiger partial charge in [0.15, 0.2) is 0 Å². The zero-order chi connectivity index (χ0) is 23.2. The molecule has 0 fully saturated rings. The maximum Gasteiger partial charge on any atom is 0.300 e. The second-order valence-corrected chi connectivity index (χ2v) is 7.99. The summed E-state index contributed by atoms with van der Waals surface area (Å²) >= 11 is 0. The molecule has 170 valence electrons. The van der Waals surface area contributed by atoms with E-state index in [1.807, 2.05) is 68.4 Å². The molecule has 0 bridgehead atoms. The van der Waals surface area contributed by atoms with E-state index in [9.17, 15) is 9.59 Å². The summed E-state index contributed by atoms with van der Waals surface area (Å²) in [6.07, 6.45) is 4.39. The van der Waals surface area contributed by atoms with Crippen molar-refractivity contribution in [3.63, 3.8) is 0 Å². The predicted molar refractivity (Wildman–Crippen MR) is 126 cm³/mol. The molecule has 1 atom stereocenters. The van der Waals surface area contributed by atoms with Crippen LogP contribution in [-0.4, -0.2) is 31.7 Å². The zero-order valence-corrected chi connectivity index (χ0v) is 18.8. The third-order valence-corrected chi connectivity index (χ3v) is 5.36. The van der Waals surface area contributed by atoms with Crippen LogP contribution in [0.25, 0.3) is 11.3 Å². The highest BCUT2D eigenvalue weighted by Crippen LogP contribution is 2.15. The van der Waals surface area contributed by atoms with Crippen molar-refractivity contribution in [1.29, 1.82) is 0 Å². The molecule has 2 aromatic carbocycles. The molecule has 8 heteroatoms. The van der Waals surface area contributed by atoms with Gasteiger partial charge in [0.2, 0.25) is 11.6 Å². The molecule has 2 aromatic heterocycles. The number of amides is 1. The van der Waals surface area contributed by atoms with Crippen LogP contribution in [0.15, 0.2) is 71.8 Å². The van der Waals surface area contributed by atoms with E-state index < -0.39 is 0 Å². The number of benzene rings is 2. The Morgan fingerprint density at radius 2 is 1.82 bits per heavy atom. The molecule has 33 heavy (non-hydrogen) atoms. The second-order valence-electron chi connectivity index (χ2n) is 7.99. The molecule has 8 nitrogen and oxygen atoms in total. The van der Waals surface area contributed by atoms with Gasteiger partial charge in [0.05, 0.1) is 6.61 Å². The highest BCUT2D eigenvalue weighted by molar-refractivity contribution is 5.76. The van der Waals surface area contributed by atoms with Crippen LogP contribution in [0.1, 0.15) is 31.7 Å². The molecular weight excluding hydrogens is 418 g/mol. The van der Waals surface area contributed by atoms with E-state index in [0.717, 1.165) is 17.0 Å². The molecular formula is C25H27N5O3. The van der Waals surface area contributed by atoms with Gasteiger partial charge in [-0.05, 0) is 42.7 Å². The summed E-state index contributed by atoms with van der Waals surface area (Å²) in [5, 5.41) is 11.3.